The number of hydrogen-bond acceptors (Lipinski definition) is 2. The summed E-state index contributed by atoms with van der Waals surface area (Å²) in [5.41, 5.74) is 6.28. The summed E-state index contributed by atoms with van der Waals surface area (Å²) in [5.74, 6) is 1.94. The Morgan fingerprint density at radius 3 is 2.56 bits per heavy atom. The van der Waals surface area contributed by atoms with Crippen molar-refractivity contribution in [1.29, 1.82) is 0 Å². The van der Waals surface area contributed by atoms with Gasteiger partial charge < -0.3 is 11.1 Å². The molecule has 0 spiro atoms. The van der Waals surface area contributed by atoms with Gasteiger partial charge in [0, 0.05) is 12.1 Å². The van der Waals surface area contributed by atoms with Crippen LogP contribution in [-0.4, -0.2) is 18.6 Å². The maximum Gasteiger partial charge on any atom is 0.0306 e. The first-order chi connectivity index (χ1) is 7.78. The van der Waals surface area contributed by atoms with Crippen LogP contribution < -0.4 is 11.1 Å². The van der Waals surface area contributed by atoms with Crippen molar-refractivity contribution in [2.24, 2.45) is 17.6 Å². The Bertz CT molecular complexity index is 213. The lowest BCUT2D eigenvalue weighted by atomic mass is 9.83. The molecular weight excluding hydrogens is 196 g/mol. The van der Waals surface area contributed by atoms with Gasteiger partial charge >= 0.3 is 0 Å². The van der Waals surface area contributed by atoms with Crippen LogP contribution in [0.5, 0.6) is 0 Å². The van der Waals surface area contributed by atoms with E-state index in [9.17, 15) is 0 Å². The molecule has 16 heavy (non-hydrogen) atoms. The second-order valence-corrected chi connectivity index (χ2v) is 6.01. The number of hydrogen-bond donors (Lipinski definition) is 2. The smallest absolute Gasteiger partial charge is 0.0306 e. The van der Waals surface area contributed by atoms with E-state index < -0.39 is 0 Å². The summed E-state index contributed by atoms with van der Waals surface area (Å²) in [6.07, 6.45) is 11.1. The Morgan fingerprint density at radius 1 is 1.25 bits per heavy atom. The van der Waals surface area contributed by atoms with Crippen molar-refractivity contribution < 1.29 is 0 Å². The molecule has 2 aliphatic rings. The summed E-state index contributed by atoms with van der Waals surface area (Å²) >= 11 is 0. The van der Waals surface area contributed by atoms with E-state index in [1.165, 1.54) is 57.9 Å². The molecule has 0 bridgehead atoms. The van der Waals surface area contributed by atoms with Gasteiger partial charge in [0.15, 0.2) is 0 Å². The van der Waals surface area contributed by atoms with Crippen molar-refractivity contribution in [2.75, 3.05) is 13.1 Å². The second kappa shape index (κ2) is 5.50. The fourth-order valence-electron chi connectivity index (χ4n) is 3.33. The van der Waals surface area contributed by atoms with Crippen LogP contribution >= 0.6 is 0 Å². The molecule has 3 N–H and O–H groups in total. The van der Waals surface area contributed by atoms with Crippen molar-refractivity contribution in [3.05, 3.63) is 0 Å². The molecule has 2 atom stereocenters. The lowest BCUT2D eigenvalue weighted by Crippen LogP contribution is -2.50. The van der Waals surface area contributed by atoms with Crippen LogP contribution in [0.1, 0.15) is 58.3 Å². The molecule has 0 aliphatic heterocycles. The standard InChI is InChI=1S/C14H28N2/c1-2-12-6-8-14(10-12,11-15)16-9-7-13-4-3-5-13/h12-13,16H,2-11,15H2,1H3. The van der Waals surface area contributed by atoms with E-state index in [1.807, 2.05) is 0 Å². The van der Waals surface area contributed by atoms with Gasteiger partial charge in [0.2, 0.25) is 0 Å². The first-order valence-corrected chi connectivity index (χ1v) is 7.23. The van der Waals surface area contributed by atoms with Gasteiger partial charge in [-0.05, 0) is 44.1 Å². The molecule has 2 aliphatic carbocycles. The van der Waals surface area contributed by atoms with Crippen LogP contribution in [0, 0.1) is 11.8 Å². The van der Waals surface area contributed by atoms with Crippen molar-refractivity contribution >= 4 is 0 Å². The predicted molar refractivity (Wildman–Crippen MR) is 69.4 cm³/mol. The minimum atomic E-state index is 0.296. The molecule has 2 heteroatoms. The third-order valence-corrected chi connectivity index (χ3v) is 4.96. The highest BCUT2D eigenvalue weighted by Crippen LogP contribution is 2.36. The van der Waals surface area contributed by atoms with Gasteiger partial charge in [0.1, 0.15) is 0 Å². The van der Waals surface area contributed by atoms with Crippen LogP contribution in [0.2, 0.25) is 0 Å². The lowest BCUT2D eigenvalue weighted by Gasteiger charge is -2.32. The molecule has 2 unspecified atom stereocenters. The van der Waals surface area contributed by atoms with E-state index in [2.05, 4.69) is 12.2 Å². The van der Waals surface area contributed by atoms with E-state index in [1.54, 1.807) is 0 Å². The van der Waals surface area contributed by atoms with Crippen molar-refractivity contribution in [3.8, 4) is 0 Å². The molecule has 94 valence electrons. The van der Waals surface area contributed by atoms with E-state index in [-0.39, 0.29) is 0 Å². The van der Waals surface area contributed by atoms with E-state index in [4.69, 9.17) is 5.73 Å². The fraction of sp³-hybridized carbons (Fsp3) is 1.00. The Morgan fingerprint density at radius 2 is 2.06 bits per heavy atom. The first-order valence-electron chi connectivity index (χ1n) is 7.23. The second-order valence-electron chi connectivity index (χ2n) is 6.01. The highest BCUT2D eigenvalue weighted by Gasteiger charge is 2.36. The molecule has 0 amide bonds. The van der Waals surface area contributed by atoms with E-state index in [0.717, 1.165) is 18.4 Å². The van der Waals surface area contributed by atoms with E-state index >= 15 is 0 Å². The fourth-order valence-corrected chi connectivity index (χ4v) is 3.33. The summed E-state index contributed by atoms with van der Waals surface area (Å²) < 4.78 is 0. The van der Waals surface area contributed by atoms with Crippen LogP contribution in [-0.2, 0) is 0 Å². The van der Waals surface area contributed by atoms with Gasteiger partial charge in [-0.1, -0.05) is 32.6 Å². The summed E-state index contributed by atoms with van der Waals surface area (Å²) in [6.45, 7) is 4.33. The molecule has 2 saturated carbocycles. The van der Waals surface area contributed by atoms with Crippen LogP contribution in [0.25, 0.3) is 0 Å². The van der Waals surface area contributed by atoms with Crippen LogP contribution in [0.15, 0.2) is 0 Å². The van der Waals surface area contributed by atoms with Gasteiger partial charge in [0.05, 0.1) is 0 Å². The third kappa shape index (κ3) is 2.78. The van der Waals surface area contributed by atoms with Gasteiger partial charge in [-0.2, -0.15) is 0 Å². The molecule has 0 aromatic heterocycles. The Kier molecular flexibility index (Phi) is 4.26. The molecule has 0 aromatic rings. The molecule has 0 radical (unpaired) electrons. The molecule has 2 rings (SSSR count). The Hall–Kier alpha value is -0.0800. The Balaban J connectivity index is 1.71. The summed E-state index contributed by atoms with van der Waals surface area (Å²) in [7, 11) is 0. The zero-order valence-corrected chi connectivity index (χ0v) is 10.8. The van der Waals surface area contributed by atoms with E-state index in [0.29, 0.717) is 5.54 Å². The number of rotatable bonds is 6. The zero-order chi connectivity index (χ0) is 11.4. The summed E-state index contributed by atoms with van der Waals surface area (Å²) in [6, 6.07) is 0. The first kappa shape index (κ1) is 12.4. The monoisotopic (exact) mass is 224 g/mol. The topological polar surface area (TPSA) is 38.0 Å². The molecule has 2 nitrogen and oxygen atoms in total. The molecule has 0 saturated heterocycles. The van der Waals surface area contributed by atoms with Crippen LogP contribution in [0.3, 0.4) is 0 Å². The molecule has 0 aromatic carbocycles. The highest BCUT2D eigenvalue weighted by molar-refractivity contribution is 4.96. The maximum atomic E-state index is 5.99. The van der Waals surface area contributed by atoms with Crippen molar-refractivity contribution in [3.63, 3.8) is 0 Å². The zero-order valence-electron chi connectivity index (χ0n) is 10.8. The summed E-state index contributed by atoms with van der Waals surface area (Å²) in [5, 5.41) is 3.78. The quantitative estimate of drug-likeness (QED) is 0.728. The SMILES string of the molecule is CCC1CCC(CN)(NCCC2CCC2)C1. The minimum Gasteiger partial charge on any atom is -0.329 e. The van der Waals surface area contributed by atoms with Crippen molar-refractivity contribution in [2.45, 2.75) is 63.8 Å². The molecule has 2 fully saturated rings. The predicted octanol–water partition coefficient (Wildman–Crippen LogP) is 2.67. The average molecular weight is 224 g/mol. The third-order valence-electron chi connectivity index (χ3n) is 4.96. The lowest BCUT2D eigenvalue weighted by molar-refractivity contribution is 0.261. The number of nitrogens with two attached hydrogens (primary N) is 1. The largest absolute Gasteiger partial charge is 0.329 e. The average Bonchev–Trinajstić information content (AvgIpc) is 2.66. The number of nitrogens with one attached hydrogen (secondary N) is 1. The summed E-state index contributed by atoms with van der Waals surface area (Å²) in [4.78, 5) is 0. The van der Waals surface area contributed by atoms with Gasteiger partial charge in [-0.3, -0.25) is 0 Å². The minimum absolute atomic E-state index is 0.296. The van der Waals surface area contributed by atoms with Gasteiger partial charge in [-0.15, -0.1) is 0 Å². The molecule has 0 heterocycles. The van der Waals surface area contributed by atoms with Gasteiger partial charge in [-0.25, -0.2) is 0 Å². The highest BCUT2D eigenvalue weighted by atomic mass is 15.0. The maximum absolute atomic E-state index is 5.99. The molecular formula is C14H28N2. The normalized spacial score (nSPS) is 35.2. The Labute approximate surface area is 100 Å². The van der Waals surface area contributed by atoms with Crippen LogP contribution in [0.4, 0.5) is 0 Å². The van der Waals surface area contributed by atoms with Gasteiger partial charge in [0.25, 0.3) is 0 Å². The van der Waals surface area contributed by atoms with Crippen molar-refractivity contribution in [1.82, 2.24) is 5.32 Å².